The zero-order valence-electron chi connectivity index (χ0n) is 7.56. The number of carboxylic acids is 1. The third kappa shape index (κ3) is 2.25. The fourth-order valence-corrected chi connectivity index (χ4v) is 1.01. The van der Waals surface area contributed by atoms with E-state index < -0.39 is 11.5 Å². The van der Waals surface area contributed by atoms with Gasteiger partial charge in [-0.05, 0) is 6.92 Å². The fourth-order valence-electron chi connectivity index (χ4n) is 1.01. The first-order chi connectivity index (χ1) is 5.92. The van der Waals surface area contributed by atoms with Crippen molar-refractivity contribution in [3.8, 4) is 0 Å². The molecule has 1 atom stereocenters. The minimum atomic E-state index is -0.958. The summed E-state index contributed by atoms with van der Waals surface area (Å²) in [6.07, 6.45) is 1.45. The smallest absolute Gasteiger partial charge is 0.305 e. The van der Waals surface area contributed by atoms with Gasteiger partial charge in [0.15, 0.2) is 0 Å². The molecule has 72 valence electrons. The average Bonchev–Trinajstić information content (AvgIpc) is 2.32. The normalized spacial score (nSPS) is 15.3. The Morgan fingerprint density at radius 1 is 1.85 bits per heavy atom. The monoisotopic (exact) mass is 184 g/mol. The molecule has 1 aromatic heterocycles. The predicted octanol–water partition coefficient (Wildman–Crippen LogP) is -0.536. The predicted molar refractivity (Wildman–Crippen MR) is 44.8 cm³/mol. The van der Waals surface area contributed by atoms with Crippen molar-refractivity contribution in [2.45, 2.75) is 18.9 Å². The third-order valence-electron chi connectivity index (χ3n) is 1.71. The van der Waals surface area contributed by atoms with Crippen LogP contribution in [0.5, 0.6) is 0 Å². The number of aromatic nitrogens is 3. The van der Waals surface area contributed by atoms with E-state index in [2.05, 4.69) is 10.3 Å². The topological polar surface area (TPSA) is 94.0 Å². The maximum Gasteiger partial charge on any atom is 0.305 e. The van der Waals surface area contributed by atoms with E-state index in [1.165, 1.54) is 4.68 Å². The van der Waals surface area contributed by atoms with E-state index >= 15 is 0 Å². The van der Waals surface area contributed by atoms with Crippen LogP contribution in [0.2, 0.25) is 0 Å². The molecular weight excluding hydrogens is 172 g/mol. The standard InChI is InChI=1S/C7H12N4O2/c1-7(8,3-6(12)13)5-4-11(2)10-9-5/h4H,3,8H2,1-2H3,(H,12,13). The van der Waals surface area contributed by atoms with Gasteiger partial charge in [0.2, 0.25) is 0 Å². The van der Waals surface area contributed by atoms with Crippen molar-refractivity contribution in [2.75, 3.05) is 0 Å². The average molecular weight is 184 g/mol. The molecule has 13 heavy (non-hydrogen) atoms. The molecular formula is C7H12N4O2. The van der Waals surface area contributed by atoms with Gasteiger partial charge in [0.25, 0.3) is 0 Å². The first-order valence-electron chi connectivity index (χ1n) is 3.79. The lowest BCUT2D eigenvalue weighted by atomic mass is 9.96. The highest BCUT2D eigenvalue weighted by Gasteiger charge is 2.27. The van der Waals surface area contributed by atoms with Crippen LogP contribution in [-0.4, -0.2) is 26.1 Å². The van der Waals surface area contributed by atoms with Crippen molar-refractivity contribution >= 4 is 5.97 Å². The number of rotatable bonds is 3. The zero-order chi connectivity index (χ0) is 10.1. The first kappa shape index (κ1) is 9.66. The van der Waals surface area contributed by atoms with E-state index in [4.69, 9.17) is 10.8 Å². The van der Waals surface area contributed by atoms with Crippen molar-refractivity contribution in [2.24, 2.45) is 12.8 Å². The molecule has 0 saturated carbocycles. The summed E-state index contributed by atoms with van der Waals surface area (Å²) in [5, 5.41) is 16.0. The lowest BCUT2D eigenvalue weighted by molar-refractivity contribution is -0.138. The summed E-state index contributed by atoms with van der Waals surface area (Å²) in [7, 11) is 1.70. The summed E-state index contributed by atoms with van der Waals surface area (Å²) in [5.41, 5.74) is 5.28. The Balaban J connectivity index is 2.86. The summed E-state index contributed by atoms with van der Waals surface area (Å²) >= 11 is 0. The molecule has 0 bridgehead atoms. The van der Waals surface area contributed by atoms with Gasteiger partial charge in [-0.2, -0.15) is 0 Å². The molecule has 0 aliphatic heterocycles. The van der Waals surface area contributed by atoms with Gasteiger partial charge in [-0.1, -0.05) is 5.21 Å². The highest BCUT2D eigenvalue weighted by molar-refractivity contribution is 5.68. The minimum Gasteiger partial charge on any atom is -0.481 e. The Morgan fingerprint density at radius 2 is 2.46 bits per heavy atom. The Kier molecular flexibility index (Phi) is 2.33. The molecule has 1 unspecified atom stereocenters. The van der Waals surface area contributed by atoms with E-state index in [-0.39, 0.29) is 6.42 Å². The molecule has 0 aromatic carbocycles. The van der Waals surface area contributed by atoms with E-state index in [0.717, 1.165) is 0 Å². The summed E-state index contributed by atoms with van der Waals surface area (Å²) in [4.78, 5) is 10.5. The van der Waals surface area contributed by atoms with Crippen LogP contribution in [0.15, 0.2) is 6.20 Å². The molecule has 0 aliphatic carbocycles. The van der Waals surface area contributed by atoms with Crippen molar-refractivity contribution in [3.05, 3.63) is 11.9 Å². The molecule has 0 spiro atoms. The van der Waals surface area contributed by atoms with E-state index in [0.29, 0.717) is 5.69 Å². The highest BCUT2D eigenvalue weighted by Crippen LogP contribution is 2.18. The summed E-state index contributed by atoms with van der Waals surface area (Å²) in [5.74, 6) is -0.948. The van der Waals surface area contributed by atoms with Crippen LogP contribution in [0, 0.1) is 0 Å². The molecule has 0 aliphatic rings. The molecule has 1 heterocycles. The van der Waals surface area contributed by atoms with E-state index in [9.17, 15) is 4.79 Å². The fraction of sp³-hybridized carbons (Fsp3) is 0.571. The second kappa shape index (κ2) is 3.14. The van der Waals surface area contributed by atoms with Gasteiger partial charge in [-0.25, -0.2) is 0 Å². The van der Waals surface area contributed by atoms with Crippen LogP contribution >= 0.6 is 0 Å². The van der Waals surface area contributed by atoms with Gasteiger partial charge in [-0.3, -0.25) is 9.48 Å². The highest BCUT2D eigenvalue weighted by atomic mass is 16.4. The Hall–Kier alpha value is -1.43. The number of aryl methyl sites for hydroxylation is 1. The molecule has 6 nitrogen and oxygen atoms in total. The van der Waals surface area contributed by atoms with E-state index in [1.807, 2.05) is 0 Å². The Bertz CT molecular complexity index is 318. The second-order valence-electron chi connectivity index (χ2n) is 3.27. The van der Waals surface area contributed by atoms with Crippen LogP contribution in [0.3, 0.4) is 0 Å². The molecule has 1 rings (SSSR count). The summed E-state index contributed by atoms with van der Waals surface area (Å²) in [6.45, 7) is 1.62. The minimum absolute atomic E-state index is 0.161. The number of carboxylic acid groups (broad SMARTS) is 1. The number of nitrogens with zero attached hydrogens (tertiary/aromatic N) is 3. The molecule has 0 saturated heterocycles. The number of hydrogen-bond acceptors (Lipinski definition) is 4. The van der Waals surface area contributed by atoms with Crippen LogP contribution < -0.4 is 5.73 Å². The van der Waals surface area contributed by atoms with Crippen LogP contribution in [0.25, 0.3) is 0 Å². The largest absolute Gasteiger partial charge is 0.481 e. The second-order valence-corrected chi connectivity index (χ2v) is 3.27. The maximum absolute atomic E-state index is 10.5. The molecule has 0 amide bonds. The Labute approximate surface area is 75.3 Å². The molecule has 6 heteroatoms. The third-order valence-corrected chi connectivity index (χ3v) is 1.71. The lowest BCUT2D eigenvalue weighted by Gasteiger charge is -2.18. The van der Waals surface area contributed by atoms with Crippen molar-refractivity contribution in [3.63, 3.8) is 0 Å². The molecule has 0 fully saturated rings. The van der Waals surface area contributed by atoms with E-state index in [1.54, 1.807) is 20.2 Å². The number of aliphatic carboxylic acids is 1. The zero-order valence-corrected chi connectivity index (χ0v) is 7.56. The van der Waals surface area contributed by atoms with Gasteiger partial charge in [0.05, 0.1) is 12.0 Å². The van der Waals surface area contributed by atoms with Crippen LogP contribution in [0.4, 0.5) is 0 Å². The van der Waals surface area contributed by atoms with Crippen molar-refractivity contribution in [1.29, 1.82) is 0 Å². The lowest BCUT2D eigenvalue weighted by Crippen LogP contribution is -2.36. The quantitative estimate of drug-likeness (QED) is 0.658. The number of hydrogen-bond donors (Lipinski definition) is 2. The van der Waals surface area contributed by atoms with Gasteiger partial charge in [0, 0.05) is 13.2 Å². The van der Waals surface area contributed by atoms with Gasteiger partial charge < -0.3 is 10.8 Å². The molecule has 3 N–H and O–H groups in total. The molecule has 0 radical (unpaired) electrons. The number of nitrogens with two attached hydrogens (primary N) is 1. The van der Waals surface area contributed by atoms with Crippen LogP contribution in [-0.2, 0) is 17.4 Å². The number of carbonyl (C=O) groups is 1. The maximum atomic E-state index is 10.5. The summed E-state index contributed by atoms with van der Waals surface area (Å²) < 4.78 is 1.49. The van der Waals surface area contributed by atoms with Gasteiger partial charge in [-0.15, -0.1) is 5.10 Å². The van der Waals surface area contributed by atoms with Crippen LogP contribution in [0.1, 0.15) is 19.0 Å². The van der Waals surface area contributed by atoms with Crippen molar-refractivity contribution < 1.29 is 9.90 Å². The van der Waals surface area contributed by atoms with Gasteiger partial charge in [0.1, 0.15) is 5.69 Å². The van der Waals surface area contributed by atoms with Crippen molar-refractivity contribution in [1.82, 2.24) is 15.0 Å². The first-order valence-corrected chi connectivity index (χ1v) is 3.79. The summed E-state index contributed by atoms with van der Waals surface area (Å²) in [6, 6.07) is 0. The molecule has 1 aromatic rings. The van der Waals surface area contributed by atoms with Gasteiger partial charge >= 0.3 is 5.97 Å². The SMILES string of the molecule is Cn1cc(C(C)(N)CC(=O)O)nn1. The Morgan fingerprint density at radius 3 is 2.85 bits per heavy atom.